The largest absolute Gasteiger partial charge is 0.387 e. The van der Waals surface area contributed by atoms with Crippen molar-refractivity contribution >= 4 is 0 Å². The van der Waals surface area contributed by atoms with Crippen molar-refractivity contribution in [1.29, 1.82) is 0 Å². The van der Waals surface area contributed by atoms with Crippen molar-refractivity contribution in [3.8, 4) is 0 Å². The van der Waals surface area contributed by atoms with E-state index in [2.05, 4.69) is 6.58 Å². The Hall–Kier alpha value is -3.04. The van der Waals surface area contributed by atoms with Gasteiger partial charge in [-0.25, -0.2) is 0 Å². The Morgan fingerprint density at radius 2 is 1.20 bits per heavy atom. The van der Waals surface area contributed by atoms with Gasteiger partial charge < -0.3 is 52.5 Å². The van der Waals surface area contributed by atoms with Crippen molar-refractivity contribution in [1.82, 2.24) is 0 Å². The summed E-state index contributed by atoms with van der Waals surface area (Å²) in [4.78, 5) is 0. The van der Waals surface area contributed by atoms with E-state index in [-0.39, 0.29) is 26.4 Å². The summed E-state index contributed by atoms with van der Waals surface area (Å²) in [6.45, 7) is 4.94. The van der Waals surface area contributed by atoms with Crippen LogP contribution in [0, 0.1) is 0 Å². The van der Waals surface area contributed by atoms with Crippen LogP contribution in [-0.2, 0) is 67.2 Å². The number of hydrogen-bond donors (Lipinski definition) is 1. The Balaban J connectivity index is 1.51. The second-order valence-electron chi connectivity index (χ2n) is 12.3. The molecule has 0 unspecified atom stereocenters. The first-order chi connectivity index (χ1) is 24.5. The van der Waals surface area contributed by atoms with Gasteiger partial charge in [0.05, 0.1) is 33.0 Å². The standard InChI is InChI=1S/C39H50O11/c1-6-39(26-41-2)36(40)33(42-3)34(43-4)38(50-39)49-31-30(25-45-22-27-16-10-7-11-17-27)48-37(44-5)35(47-24-29-20-14-9-15-21-29)32(31)46-23-28-18-12-8-13-19-28/h6-21,30-38,40H,1,22-26H2,2-5H3/t30-,31-,32+,33-,34-,35-,36+,37+,38-,39-/m1/s1. The van der Waals surface area contributed by atoms with Crippen molar-refractivity contribution < 1.29 is 52.5 Å². The van der Waals surface area contributed by atoms with E-state index in [4.69, 9.17) is 47.4 Å². The molecule has 11 nitrogen and oxygen atoms in total. The third-order valence-electron chi connectivity index (χ3n) is 9.08. The monoisotopic (exact) mass is 694 g/mol. The van der Waals surface area contributed by atoms with Gasteiger partial charge in [0, 0.05) is 28.4 Å². The number of aliphatic hydroxyl groups is 1. The van der Waals surface area contributed by atoms with Gasteiger partial charge in [-0.3, -0.25) is 0 Å². The zero-order valence-corrected chi connectivity index (χ0v) is 29.2. The lowest BCUT2D eigenvalue weighted by atomic mass is 9.86. The van der Waals surface area contributed by atoms with Crippen LogP contribution >= 0.6 is 0 Å². The normalized spacial score (nSPS) is 31.3. The fraction of sp³-hybridized carbons (Fsp3) is 0.487. The molecule has 0 radical (unpaired) electrons. The van der Waals surface area contributed by atoms with Crippen LogP contribution in [0.25, 0.3) is 0 Å². The highest BCUT2D eigenvalue weighted by Crippen LogP contribution is 2.38. The van der Waals surface area contributed by atoms with E-state index in [1.807, 2.05) is 91.0 Å². The van der Waals surface area contributed by atoms with Gasteiger partial charge in [-0.15, -0.1) is 6.58 Å². The van der Waals surface area contributed by atoms with Crippen molar-refractivity contribution in [3.63, 3.8) is 0 Å². The topological polar surface area (TPSA) is 113 Å². The molecule has 3 aromatic rings. The van der Waals surface area contributed by atoms with E-state index in [0.717, 1.165) is 16.7 Å². The van der Waals surface area contributed by atoms with Gasteiger partial charge in [-0.05, 0) is 16.7 Å². The lowest BCUT2D eigenvalue weighted by Gasteiger charge is -2.51. The van der Waals surface area contributed by atoms with Gasteiger partial charge in [-0.1, -0.05) is 97.1 Å². The molecule has 2 aliphatic heterocycles. The second-order valence-corrected chi connectivity index (χ2v) is 12.3. The summed E-state index contributed by atoms with van der Waals surface area (Å²) < 4.78 is 62.6. The summed E-state index contributed by atoms with van der Waals surface area (Å²) in [5, 5.41) is 11.4. The molecule has 0 aromatic heterocycles. The Morgan fingerprint density at radius 1 is 0.660 bits per heavy atom. The molecule has 2 aliphatic rings. The van der Waals surface area contributed by atoms with Gasteiger partial charge in [0.25, 0.3) is 0 Å². The molecule has 1 N–H and O–H groups in total. The first-order valence-corrected chi connectivity index (χ1v) is 16.8. The first kappa shape index (κ1) is 38.2. The highest BCUT2D eigenvalue weighted by atomic mass is 16.8. The molecular weight excluding hydrogens is 644 g/mol. The van der Waals surface area contributed by atoms with E-state index >= 15 is 0 Å². The summed E-state index contributed by atoms with van der Waals surface area (Å²) >= 11 is 0. The van der Waals surface area contributed by atoms with Crippen LogP contribution in [0.5, 0.6) is 0 Å². The highest BCUT2D eigenvalue weighted by Gasteiger charge is 2.57. The Labute approximate surface area is 294 Å². The van der Waals surface area contributed by atoms with Crippen LogP contribution in [0.3, 0.4) is 0 Å². The minimum atomic E-state index is -1.37. The maximum absolute atomic E-state index is 11.4. The van der Waals surface area contributed by atoms with Crippen molar-refractivity contribution in [3.05, 3.63) is 120 Å². The fourth-order valence-corrected chi connectivity index (χ4v) is 6.44. The van der Waals surface area contributed by atoms with Crippen LogP contribution in [0.2, 0.25) is 0 Å². The maximum Gasteiger partial charge on any atom is 0.188 e. The van der Waals surface area contributed by atoms with E-state index < -0.39 is 60.9 Å². The zero-order valence-electron chi connectivity index (χ0n) is 29.2. The molecule has 272 valence electrons. The molecule has 0 bridgehead atoms. The summed E-state index contributed by atoms with van der Waals surface area (Å²) in [7, 11) is 6.09. The lowest BCUT2D eigenvalue weighted by Crippen LogP contribution is -2.69. The molecule has 10 atom stereocenters. The Morgan fingerprint density at radius 3 is 1.70 bits per heavy atom. The van der Waals surface area contributed by atoms with Crippen molar-refractivity contribution in [2.45, 2.75) is 80.7 Å². The molecule has 2 saturated heterocycles. The van der Waals surface area contributed by atoms with Gasteiger partial charge in [0.1, 0.15) is 48.3 Å². The molecule has 5 rings (SSSR count). The lowest BCUT2D eigenvalue weighted by molar-refractivity contribution is -0.379. The smallest absolute Gasteiger partial charge is 0.188 e. The minimum Gasteiger partial charge on any atom is -0.387 e. The number of hydrogen-bond acceptors (Lipinski definition) is 11. The molecule has 0 saturated carbocycles. The number of methoxy groups -OCH3 is 4. The SMILES string of the molecule is C=C[C@]1(COC)O[C@@H](O[C@H]2[C@H](OCc3ccccc3)[C@@H](OCc3ccccc3)[C@@H](OC)O[C@@H]2COCc2ccccc2)[C@H](OC)[C@@H](OC)[C@@H]1O. The molecule has 3 aromatic carbocycles. The quantitative estimate of drug-likeness (QED) is 0.191. The predicted octanol–water partition coefficient (Wildman–Crippen LogP) is 4.45. The minimum absolute atomic E-state index is 0.0128. The van der Waals surface area contributed by atoms with Crippen molar-refractivity contribution in [2.75, 3.05) is 41.7 Å². The van der Waals surface area contributed by atoms with Gasteiger partial charge in [0.15, 0.2) is 12.6 Å². The third kappa shape index (κ3) is 9.24. The first-order valence-electron chi connectivity index (χ1n) is 16.8. The van der Waals surface area contributed by atoms with Gasteiger partial charge in [-0.2, -0.15) is 0 Å². The summed E-state index contributed by atoms with van der Waals surface area (Å²) in [6, 6.07) is 29.5. The van der Waals surface area contributed by atoms with Crippen LogP contribution < -0.4 is 0 Å². The molecule has 2 fully saturated rings. The number of aliphatic hydroxyl groups excluding tert-OH is 1. The van der Waals surface area contributed by atoms with Crippen LogP contribution in [0.15, 0.2) is 104 Å². The van der Waals surface area contributed by atoms with E-state index in [0.29, 0.717) is 6.61 Å². The molecule has 11 heteroatoms. The highest BCUT2D eigenvalue weighted by molar-refractivity contribution is 5.16. The van der Waals surface area contributed by atoms with Gasteiger partial charge in [0.2, 0.25) is 0 Å². The van der Waals surface area contributed by atoms with Crippen LogP contribution in [0.1, 0.15) is 16.7 Å². The van der Waals surface area contributed by atoms with E-state index in [9.17, 15) is 5.11 Å². The molecule has 0 spiro atoms. The Kier molecular flexibility index (Phi) is 14.5. The number of rotatable bonds is 18. The molecule has 2 heterocycles. The van der Waals surface area contributed by atoms with E-state index in [1.165, 1.54) is 27.4 Å². The number of benzene rings is 3. The summed E-state index contributed by atoms with van der Waals surface area (Å²) in [6.07, 6.45) is -6.36. The predicted molar refractivity (Wildman–Crippen MR) is 184 cm³/mol. The van der Waals surface area contributed by atoms with Gasteiger partial charge >= 0.3 is 0 Å². The third-order valence-corrected chi connectivity index (χ3v) is 9.08. The van der Waals surface area contributed by atoms with E-state index in [1.54, 1.807) is 7.11 Å². The van der Waals surface area contributed by atoms with Crippen LogP contribution in [-0.4, -0.2) is 108 Å². The summed E-state index contributed by atoms with van der Waals surface area (Å²) in [5.74, 6) is 0. The zero-order chi connectivity index (χ0) is 35.3. The number of ether oxygens (including phenoxy) is 10. The van der Waals surface area contributed by atoms with Crippen LogP contribution in [0.4, 0.5) is 0 Å². The molecule has 0 aliphatic carbocycles. The fourth-order valence-electron chi connectivity index (χ4n) is 6.44. The Bertz CT molecular complexity index is 1400. The molecular formula is C39H50O11. The average Bonchev–Trinajstić information content (AvgIpc) is 3.16. The van der Waals surface area contributed by atoms with Crippen molar-refractivity contribution in [2.24, 2.45) is 0 Å². The average molecular weight is 695 g/mol. The molecule has 50 heavy (non-hydrogen) atoms. The maximum atomic E-state index is 11.4. The summed E-state index contributed by atoms with van der Waals surface area (Å²) in [5.41, 5.74) is 1.56. The second kappa shape index (κ2) is 19.0. The molecule has 0 amide bonds.